The molecular weight excluding hydrogens is 243 g/mol. The van der Waals surface area contributed by atoms with Crippen LogP contribution in [0.1, 0.15) is 6.92 Å². The monoisotopic (exact) mass is 250 g/mol. The van der Waals surface area contributed by atoms with Gasteiger partial charge >= 0.3 is 5.97 Å². The van der Waals surface area contributed by atoms with Gasteiger partial charge in [-0.15, -0.1) is 11.8 Å². The van der Waals surface area contributed by atoms with E-state index in [0.29, 0.717) is 14.9 Å². The van der Waals surface area contributed by atoms with Crippen molar-refractivity contribution in [3.8, 4) is 0 Å². The zero-order chi connectivity index (χ0) is 10.7. The molecule has 0 aliphatic heterocycles. The minimum Gasteiger partial charge on any atom is -0.480 e. The van der Waals surface area contributed by atoms with E-state index < -0.39 is 11.2 Å². The molecule has 0 radical (unpaired) electrons. The first-order chi connectivity index (χ1) is 6.50. The molecule has 2 nitrogen and oxygen atoms in total. The van der Waals surface area contributed by atoms with E-state index in [1.165, 1.54) is 11.8 Å². The Bertz CT molecular complexity index is 355. The Labute approximate surface area is 96.2 Å². The lowest BCUT2D eigenvalue weighted by Gasteiger charge is -2.07. The van der Waals surface area contributed by atoms with Gasteiger partial charge in [0, 0.05) is 9.92 Å². The topological polar surface area (TPSA) is 37.3 Å². The van der Waals surface area contributed by atoms with Gasteiger partial charge < -0.3 is 5.11 Å². The van der Waals surface area contributed by atoms with E-state index in [4.69, 9.17) is 28.3 Å². The predicted molar refractivity (Wildman–Crippen MR) is 59.4 cm³/mol. The van der Waals surface area contributed by atoms with E-state index in [1.807, 2.05) is 0 Å². The zero-order valence-electron chi connectivity index (χ0n) is 7.33. The van der Waals surface area contributed by atoms with Gasteiger partial charge in [0.05, 0.1) is 5.02 Å². The molecule has 1 unspecified atom stereocenters. The molecular formula is C9H8Cl2O2S. The Kier molecular flexibility index (Phi) is 4.11. The van der Waals surface area contributed by atoms with Crippen LogP contribution in [-0.2, 0) is 4.79 Å². The predicted octanol–water partition coefficient (Wildman–Crippen LogP) is 3.56. The average Bonchev–Trinajstić information content (AvgIpc) is 2.11. The average molecular weight is 251 g/mol. The summed E-state index contributed by atoms with van der Waals surface area (Å²) < 4.78 is 0. The number of hydrogen-bond acceptors (Lipinski definition) is 2. The first kappa shape index (κ1) is 11.7. The first-order valence-corrected chi connectivity index (χ1v) is 5.49. The second-order valence-electron chi connectivity index (χ2n) is 2.67. The molecule has 1 atom stereocenters. The molecule has 0 saturated carbocycles. The van der Waals surface area contributed by atoms with Crippen molar-refractivity contribution in [2.45, 2.75) is 17.1 Å². The molecule has 5 heteroatoms. The Balaban J connectivity index is 2.85. The molecule has 0 fully saturated rings. The van der Waals surface area contributed by atoms with Gasteiger partial charge in [0.25, 0.3) is 0 Å². The summed E-state index contributed by atoms with van der Waals surface area (Å²) >= 11 is 12.8. The molecule has 1 aromatic rings. The Morgan fingerprint density at radius 2 is 2.14 bits per heavy atom. The van der Waals surface area contributed by atoms with E-state index in [0.717, 1.165) is 0 Å². The number of hydrogen-bond donors (Lipinski definition) is 1. The van der Waals surface area contributed by atoms with Crippen LogP contribution in [0.3, 0.4) is 0 Å². The summed E-state index contributed by atoms with van der Waals surface area (Å²) in [6.07, 6.45) is 0. The molecule has 0 amide bonds. The molecule has 0 spiro atoms. The summed E-state index contributed by atoms with van der Waals surface area (Å²) in [5.74, 6) is -0.869. The number of carboxylic acids is 1. The molecule has 0 saturated heterocycles. The summed E-state index contributed by atoms with van der Waals surface area (Å²) in [7, 11) is 0. The number of benzene rings is 1. The minimum absolute atomic E-state index is 0.521. The first-order valence-electron chi connectivity index (χ1n) is 3.85. The molecule has 0 aliphatic carbocycles. The van der Waals surface area contributed by atoms with Crippen LogP contribution in [0.4, 0.5) is 0 Å². The van der Waals surface area contributed by atoms with E-state index in [2.05, 4.69) is 0 Å². The highest BCUT2D eigenvalue weighted by molar-refractivity contribution is 8.00. The van der Waals surface area contributed by atoms with Crippen LogP contribution in [0.2, 0.25) is 10.0 Å². The van der Waals surface area contributed by atoms with Gasteiger partial charge in [-0.25, -0.2) is 0 Å². The lowest BCUT2D eigenvalue weighted by atomic mass is 10.4. The van der Waals surface area contributed by atoms with E-state index in [1.54, 1.807) is 25.1 Å². The quantitative estimate of drug-likeness (QED) is 0.834. The zero-order valence-corrected chi connectivity index (χ0v) is 9.66. The number of carboxylic acid groups (broad SMARTS) is 1. The molecule has 1 aromatic carbocycles. The third kappa shape index (κ3) is 3.08. The van der Waals surface area contributed by atoms with Crippen LogP contribution >= 0.6 is 35.0 Å². The van der Waals surface area contributed by atoms with E-state index in [-0.39, 0.29) is 0 Å². The van der Waals surface area contributed by atoms with Gasteiger partial charge in [-0.05, 0) is 25.1 Å². The molecule has 1 N–H and O–H groups in total. The minimum atomic E-state index is -0.869. The number of rotatable bonds is 3. The Hall–Kier alpha value is -0.380. The highest BCUT2D eigenvalue weighted by Gasteiger charge is 2.14. The fourth-order valence-electron chi connectivity index (χ4n) is 0.808. The smallest absolute Gasteiger partial charge is 0.316 e. The van der Waals surface area contributed by atoms with Crippen molar-refractivity contribution in [1.29, 1.82) is 0 Å². The van der Waals surface area contributed by atoms with Gasteiger partial charge in [-0.2, -0.15) is 0 Å². The molecule has 14 heavy (non-hydrogen) atoms. The van der Waals surface area contributed by atoms with Gasteiger partial charge in [-0.3, -0.25) is 4.79 Å². The van der Waals surface area contributed by atoms with Gasteiger partial charge in [-0.1, -0.05) is 23.2 Å². The lowest BCUT2D eigenvalue weighted by Crippen LogP contribution is -2.11. The van der Waals surface area contributed by atoms with Crippen molar-refractivity contribution in [2.24, 2.45) is 0 Å². The summed E-state index contributed by atoms with van der Waals surface area (Å²) in [5, 5.41) is 9.24. The lowest BCUT2D eigenvalue weighted by molar-refractivity contribution is -0.136. The fraction of sp³-hybridized carbons (Fsp3) is 0.222. The van der Waals surface area contributed by atoms with E-state index in [9.17, 15) is 4.79 Å². The van der Waals surface area contributed by atoms with Crippen LogP contribution in [0.25, 0.3) is 0 Å². The Morgan fingerprint density at radius 3 is 2.71 bits per heavy atom. The second kappa shape index (κ2) is 4.91. The van der Waals surface area contributed by atoms with Crippen molar-refractivity contribution in [1.82, 2.24) is 0 Å². The maximum Gasteiger partial charge on any atom is 0.316 e. The summed E-state index contributed by atoms with van der Waals surface area (Å²) in [4.78, 5) is 11.3. The van der Waals surface area contributed by atoms with Crippen molar-refractivity contribution < 1.29 is 9.90 Å². The third-order valence-corrected chi connectivity index (χ3v) is 3.37. The number of halogens is 2. The normalized spacial score (nSPS) is 12.5. The molecule has 0 heterocycles. The summed E-state index contributed by atoms with van der Waals surface area (Å²) in [6, 6.07) is 4.98. The SMILES string of the molecule is CC(Sc1cc(Cl)ccc1Cl)C(=O)O. The Morgan fingerprint density at radius 1 is 1.50 bits per heavy atom. The van der Waals surface area contributed by atoms with Crippen LogP contribution < -0.4 is 0 Å². The number of carbonyl (C=O) groups is 1. The standard InChI is InChI=1S/C9H8Cl2O2S/c1-5(9(12)13)14-8-4-6(10)2-3-7(8)11/h2-5H,1H3,(H,12,13). The summed E-state index contributed by atoms with van der Waals surface area (Å²) in [5.41, 5.74) is 0. The highest BCUT2D eigenvalue weighted by atomic mass is 35.5. The number of aliphatic carboxylic acids is 1. The largest absolute Gasteiger partial charge is 0.480 e. The van der Waals surface area contributed by atoms with Crippen molar-refractivity contribution >= 4 is 40.9 Å². The molecule has 0 aromatic heterocycles. The molecule has 76 valence electrons. The second-order valence-corrected chi connectivity index (χ2v) is 4.90. The van der Waals surface area contributed by atoms with E-state index >= 15 is 0 Å². The maximum atomic E-state index is 10.6. The summed E-state index contributed by atoms with van der Waals surface area (Å²) in [6.45, 7) is 1.60. The maximum absolute atomic E-state index is 10.6. The third-order valence-electron chi connectivity index (χ3n) is 1.54. The van der Waals surface area contributed by atoms with Gasteiger partial charge in [0.15, 0.2) is 0 Å². The number of thioether (sulfide) groups is 1. The van der Waals surface area contributed by atoms with Crippen LogP contribution in [0.5, 0.6) is 0 Å². The van der Waals surface area contributed by atoms with Crippen LogP contribution in [0, 0.1) is 0 Å². The van der Waals surface area contributed by atoms with Crippen LogP contribution in [-0.4, -0.2) is 16.3 Å². The van der Waals surface area contributed by atoms with Crippen molar-refractivity contribution in [3.05, 3.63) is 28.2 Å². The molecule has 0 aliphatic rings. The fourth-order valence-corrected chi connectivity index (χ4v) is 2.15. The molecule has 1 rings (SSSR count). The van der Waals surface area contributed by atoms with Crippen LogP contribution in [0.15, 0.2) is 23.1 Å². The van der Waals surface area contributed by atoms with Crippen molar-refractivity contribution in [2.75, 3.05) is 0 Å². The molecule has 0 bridgehead atoms. The van der Waals surface area contributed by atoms with Gasteiger partial charge in [0.2, 0.25) is 0 Å². The van der Waals surface area contributed by atoms with Crippen molar-refractivity contribution in [3.63, 3.8) is 0 Å². The highest BCUT2D eigenvalue weighted by Crippen LogP contribution is 2.32. The van der Waals surface area contributed by atoms with Gasteiger partial charge in [0.1, 0.15) is 5.25 Å².